The topological polar surface area (TPSA) is 29.9 Å². The van der Waals surface area contributed by atoms with Crippen molar-refractivity contribution in [1.82, 2.24) is 14.9 Å². The fraction of sp³-hybridized carbons (Fsp3) is 0.357. The summed E-state index contributed by atoms with van der Waals surface area (Å²) in [6.07, 6.45) is -1.39. The quantitative estimate of drug-likeness (QED) is 0.878. The first-order valence-electron chi connectivity index (χ1n) is 6.41. The van der Waals surface area contributed by atoms with E-state index < -0.39 is 23.6 Å². The minimum atomic E-state index is -4.69. The molecule has 0 spiro atoms. The third-order valence-corrected chi connectivity index (χ3v) is 3.16. The van der Waals surface area contributed by atoms with Gasteiger partial charge in [-0.05, 0) is 24.2 Å². The highest BCUT2D eigenvalue weighted by molar-refractivity contribution is 5.31. The van der Waals surface area contributed by atoms with Crippen LogP contribution < -0.4 is 5.32 Å². The van der Waals surface area contributed by atoms with Crippen LogP contribution in [0.1, 0.15) is 29.9 Å². The summed E-state index contributed by atoms with van der Waals surface area (Å²) in [4.78, 5) is 4.17. The molecule has 7 heteroatoms. The molecule has 0 fully saturated rings. The minimum Gasteiger partial charge on any atom is -0.336 e. The molecule has 0 aliphatic rings. The van der Waals surface area contributed by atoms with E-state index >= 15 is 0 Å². The van der Waals surface area contributed by atoms with E-state index in [0.29, 0.717) is 17.9 Å². The lowest BCUT2D eigenvalue weighted by Gasteiger charge is -2.19. The highest BCUT2D eigenvalue weighted by Crippen LogP contribution is 2.33. The van der Waals surface area contributed by atoms with Gasteiger partial charge in [0.05, 0.1) is 11.6 Å². The first-order valence-corrected chi connectivity index (χ1v) is 6.41. The van der Waals surface area contributed by atoms with Gasteiger partial charge in [0, 0.05) is 19.4 Å². The van der Waals surface area contributed by atoms with Crippen LogP contribution >= 0.6 is 0 Å². The lowest BCUT2D eigenvalue weighted by Crippen LogP contribution is -2.25. The zero-order chi connectivity index (χ0) is 15.6. The molecule has 0 saturated carbocycles. The molecule has 3 nitrogen and oxygen atoms in total. The van der Waals surface area contributed by atoms with E-state index in [0.717, 1.165) is 12.1 Å². The van der Waals surface area contributed by atoms with Crippen LogP contribution in [0.25, 0.3) is 0 Å². The SMILES string of the molecule is CCNC(c1ccc(C(F)(F)F)c(F)c1)c1nccn1C. The van der Waals surface area contributed by atoms with E-state index in [1.807, 2.05) is 6.92 Å². The molecule has 0 bridgehead atoms. The Kier molecular flexibility index (Phi) is 4.32. The van der Waals surface area contributed by atoms with Gasteiger partial charge in [0.2, 0.25) is 0 Å². The summed E-state index contributed by atoms with van der Waals surface area (Å²) in [5.41, 5.74) is -0.863. The molecule has 1 N–H and O–H groups in total. The second kappa shape index (κ2) is 5.85. The summed E-state index contributed by atoms with van der Waals surface area (Å²) in [7, 11) is 1.77. The van der Waals surface area contributed by atoms with Crippen molar-refractivity contribution in [3.05, 3.63) is 53.4 Å². The van der Waals surface area contributed by atoms with Gasteiger partial charge in [-0.1, -0.05) is 13.0 Å². The zero-order valence-corrected chi connectivity index (χ0v) is 11.6. The van der Waals surface area contributed by atoms with Gasteiger partial charge in [0.15, 0.2) is 0 Å². The van der Waals surface area contributed by atoms with Gasteiger partial charge in [0.25, 0.3) is 0 Å². The molecular formula is C14H15F4N3. The Labute approximate surface area is 119 Å². The fourth-order valence-corrected chi connectivity index (χ4v) is 2.16. The Bertz CT molecular complexity index is 619. The van der Waals surface area contributed by atoms with Gasteiger partial charge in [-0.25, -0.2) is 9.37 Å². The van der Waals surface area contributed by atoms with Gasteiger partial charge in [-0.3, -0.25) is 0 Å². The maximum atomic E-state index is 13.7. The lowest BCUT2D eigenvalue weighted by atomic mass is 10.0. The maximum Gasteiger partial charge on any atom is 0.419 e. The van der Waals surface area contributed by atoms with Crippen molar-refractivity contribution in [2.24, 2.45) is 7.05 Å². The van der Waals surface area contributed by atoms with Crippen molar-refractivity contribution in [1.29, 1.82) is 0 Å². The Balaban J connectivity index is 2.43. The van der Waals surface area contributed by atoms with Gasteiger partial charge in [-0.2, -0.15) is 13.2 Å². The molecule has 0 saturated heterocycles. The van der Waals surface area contributed by atoms with Crippen molar-refractivity contribution in [2.45, 2.75) is 19.1 Å². The molecule has 1 unspecified atom stereocenters. The van der Waals surface area contributed by atoms with Crippen molar-refractivity contribution in [3.63, 3.8) is 0 Å². The lowest BCUT2D eigenvalue weighted by molar-refractivity contribution is -0.140. The molecule has 114 valence electrons. The maximum absolute atomic E-state index is 13.7. The number of rotatable bonds is 4. The van der Waals surface area contributed by atoms with E-state index in [9.17, 15) is 17.6 Å². The van der Waals surface area contributed by atoms with Crippen molar-refractivity contribution in [3.8, 4) is 0 Å². The minimum absolute atomic E-state index is 0.400. The smallest absolute Gasteiger partial charge is 0.336 e. The van der Waals surface area contributed by atoms with Crippen LogP contribution in [-0.4, -0.2) is 16.1 Å². The first kappa shape index (κ1) is 15.5. The van der Waals surface area contributed by atoms with Crippen molar-refractivity contribution < 1.29 is 17.6 Å². The summed E-state index contributed by atoms with van der Waals surface area (Å²) in [5.74, 6) is -0.673. The summed E-state index contributed by atoms with van der Waals surface area (Å²) in [5, 5.41) is 3.10. The van der Waals surface area contributed by atoms with Crippen LogP contribution in [0.4, 0.5) is 17.6 Å². The van der Waals surface area contributed by atoms with E-state index in [1.165, 1.54) is 6.07 Å². The summed E-state index contributed by atoms with van der Waals surface area (Å²) < 4.78 is 53.2. The largest absolute Gasteiger partial charge is 0.419 e. The van der Waals surface area contributed by atoms with Crippen LogP contribution in [0.15, 0.2) is 30.6 Å². The molecule has 0 aliphatic heterocycles. The molecular weight excluding hydrogens is 286 g/mol. The molecule has 0 amide bonds. The Hall–Kier alpha value is -1.89. The van der Waals surface area contributed by atoms with Crippen LogP contribution in [0, 0.1) is 5.82 Å². The van der Waals surface area contributed by atoms with E-state index in [4.69, 9.17) is 0 Å². The molecule has 1 atom stereocenters. The van der Waals surface area contributed by atoms with Crippen molar-refractivity contribution in [2.75, 3.05) is 6.54 Å². The van der Waals surface area contributed by atoms with Crippen molar-refractivity contribution >= 4 is 0 Å². The number of nitrogens with zero attached hydrogens (tertiary/aromatic N) is 2. The molecule has 1 heterocycles. The number of aromatic nitrogens is 2. The normalized spacial score (nSPS) is 13.4. The van der Waals surface area contributed by atoms with Crippen LogP contribution in [0.2, 0.25) is 0 Å². The molecule has 0 aliphatic carbocycles. The Morgan fingerprint density at radius 1 is 1.33 bits per heavy atom. The number of hydrogen-bond acceptors (Lipinski definition) is 2. The standard InChI is InChI=1S/C14H15F4N3/c1-3-19-12(13-20-6-7-21(13)2)9-4-5-10(11(15)8-9)14(16,17)18/h4-8,12,19H,3H2,1-2H3. The van der Waals surface area contributed by atoms with Gasteiger partial charge in [0.1, 0.15) is 11.6 Å². The monoisotopic (exact) mass is 301 g/mol. The second-order valence-corrected chi connectivity index (χ2v) is 4.62. The van der Waals surface area contributed by atoms with Gasteiger partial charge < -0.3 is 9.88 Å². The third kappa shape index (κ3) is 3.24. The van der Waals surface area contributed by atoms with E-state index in [1.54, 1.807) is 24.0 Å². The molecule has 21 heavy (non-hydrogen) atoms. The number of aryl methyl sites for hydroxylation is 1. The second-order valence-electron chi connectivity index (χ2n) is 4.62. The van der Waals surface area contributed by atoms with Gasteiger partial charge >= 0.3 is 6.18 Å². The molecule has 2 aromatic rings. The average Bonchev–Trinajstić information content (AvgIpc) is 2.80. The third-order valence-electron chi connectivity index (χ3n) is 3.16. The van der Waals surface area contributed by atoms with Crippen LogP contribution in [-0.2, 0) is 13.2 Å². The first-order chi connectivity index (χ1) is 9.84. The summed E-state index contributed by atoms with van der Waals surface area (Å²) >= 11 is 0. The molecule has 0 radical (unpaired) electrons. The predicted molar refractivity (Wildman–Crippen MR) is 70.1 cm³/mol. The number of benzene rings is 1. The number of nitrogens with one attached hydrogen (secondary N) is 1. The van der Waals surface area contributed by atoms with Crippen LogP contribution in [0.3, 0.4) is 0 Å². The number of alkyl halides is 3. The summed E-state index contributed by atoms with van der Waals surface area (Å²) in [6, 6.07) is 2.48. The van der Waals surface area contributed by atoms with E-state index in [2.05, 4.69) is 10.3 Å². The van der Waals surface area contributed by atoms with Gasteiger partial charge in [-0.15, -0.1) is 0 Å². The molecule has 1 aromatic heterocycles. The molecule has 1 aromatic carbocycles. The number of halogens is 4. The number of hydrogen-bond donors (Lipinski definition) is 1. The molecule has 2 rings (SSSR count). The zero-order valence-electron chi connectivity index (χ0n) is 11.6. The number of imidazole rings is 1. The Morgan fingerprint density at radius 3 is 2.52 bits per heavy atom. The van der Waals surface area contributed by atoms with E-state index in [-0.39, 0.29) is 0 Å². The Morgan fingerprint density at radius 2 is 2.05 bits per heavy atom. The average molecular weight is 301 g/mol. The summed E-state index contributed by atoms with van der Waals surface area (Å²) in [6.45, 7) is 2.43. The predicted octanol–water partition coefficient (Wildman–Crippen LogP) is 3.28. The highest BCUT2D eigenvalue weighted by Gasteiger charge is 2.34. The highest BCUT2D eigenvalue weighted by atomic mass is 19.4. The van der Waals surface area contributed by atoms with Crippen LogP contribution in [0.5, 0.6) is 0 Å². The fourth-order valence-electron chi connectivity index (χ4n) is 2.16.